The van der Waals surface area contributed by atoms with Gasteiger partial charge in [-0.1, -0.05) is 29.8 Å². The van der Waals surface area contributed by atoms with Crippen LogP contribution >= 0.6 is 0 Å². The maximum absolute atomic E-state index is 12.3. The summed E-state index contributed by atoms with van der Waals surface area (Å²) in [6.07, 6.45) is 0. The third-order valence-corrected chi connectivity index (χ3v) is 2.97. The second kappa shape index (κ2) is 6.17. The van der Waals surface area contributed by atoms with Crippen LogP contribution in [0.5, 0.6) is 0 Å². The van der Waals surface area contributed by atoms with Gasteiger partial charge in [-0.05, 0) is 33.3 Å². The Kier molecular flexibility index (Phi) is 5.09. The lowest BCUT2D eigenvalue weighted by atomic mass is 10.0. The van der Waals surface area contributed by atoms with Crippen molar-refractivity contribution in [3.05, 3.63) is 35.4 Å². The van der Waals surface area contributed by atoms with Crippen LogP contribution in [0.25, 0.3) is 0 Å². The highest BCUT2D eigenvalue weighted by Crippen LogP contribution is 2.16. The summed E-state index contributed by atoms with van der Waals surface area (Å²) in [4.78, 5) is 13.9. The van der Waals surface area contributed by atoms with Gasteiger partial charge in [0.1, 0.15) is 6.04 Å². The van der Waals surface area contributed by atoms with Crippen molar-refractivity contribution in [2.45, 2.75) is 39.3 Å². The molecule has 1 aromatic carbocycles. The minimum absolute atomic E-state index is 0.159. The van der Waals surface area contributed by atoms with E-state index in [9.17, 15) is 9.90 Å². The third-order valence-electron chi connectivity index (χ3n) is 2.97. The zero-order valence-electron chi connectivity index (χ0n) is 12.2. The van der Waals surface area contributed by atoms with Crippen molar-refractivity contribution in [3.63, 3.8) is 0 Å². The fourth-order valence-electron chi connectivity index (χ4n) is 1.93. The van der Waals surface area contributed by atoms with Crippen LogP contribution < -0.4 is 5.73 Å². The molecule has 106 valence electrons. The molecule has 0 aliphatic carbocycles. The Hall–Kier alpha value is -1.39. The Balaban J connectivity index is 2.82. The molecule has 1 unspecified atom stereocenters. The van der Waals surface area contributed by atoms with Crippen molar-refractivity contribution in [1.82, 2.24) is 4.90 Å². The molecule has 0 aromatic heterocycles. The molecule has 19 heavy (non-hydrogen) atoms. The number of aliphatic hydroxyl groups is 1. The van der Waals surface area contributed by atoms with E-state index < -0.39 is 11.6 Å². The van der Waals surface area contributed by atoms with Crippen LogP contribution in [-0.2, 0) is 4.79 Å². The molecule has 0 aliphatic heterocycles. The molecular weight excluding hydrogens is 240 g/mol. The number of carbonyl (C=O) groups excluding carboxylic acids is 1. The molecule has 0 aliphatic rings. The van der Waals surface area contributed by atoms with E-state index >= 15 is 0 Å². The molecule has 3 N–H and O–H groups in total. The number of hydrogen-bond donors (Lipinski definition) is 2. The van der Waals surface area contributed by atoms with Crippen LogP contribution in [-0.4, -0.2) is 34.6 Å². The summed E-state index contributed by atoms with van der Waals surface area (Å²) in [5.74, 6) is -0.159. The Bertz CT molecular complexity index is 421. The molecule has 1 aromatic rings. The van der Waals surface area contributed by atoms with Crippen molar-refractivity contribution in [1.29, 1.82) is 0 Å². The van der Waals surface area contributed by atoms with E-state index in [2.05, 4.69) is 0 Å². The van der Waals surface area contributed by atoms with Gasteiger partial charge >= 0.3 is 0 Å². The zero-order valence-corrected chi connectivity index (χ0v) is 12.2. The third kappa shape index (κ3) is 4.65. The quantitative estimate of drug-likeness (QED) is 0.849. The molecule has 0 bridgehead atoms. The molecule has 0 fully saturated rings. The van der Waals surface area contributed by atoms with Crippen molar-refractivity contribution < 1.29 is 9.90 Å². The smallest absolute Gasteiger partial charge is 0.244 e. The van der Waals surface area contributed by atoms with Gasteiger partial charge in [-0.15, -0.1) is 0 Å². The summed E-state index contributed by atoms with van der Waals surface area (Å²) in [6.45, 7) is 8.04. The second-order valence-electron chi connectivity index (χ2n) is 5.55. The fraction of sp³-hybridized carbons (Fsp3) is 0.533. The topological polar surface area (TPSA) is 66.6 Å². The number of nitrogens with two attached hydrogens (primary N) is 1. The van der Waals surface area contributed by atoms with Crippen molar-refractivity contribution in [3.8, 4) is 0 Å². The summed E-state index contributed by atoms with van der Waals surface area (Å²) in [5.41, 5.74) is 7.02. The first-order valence-electron chi connectivity index (χ1n) is 6.58. The molecule has 0 heterocycles. The minimum Gasteiger partial charge on any atom is -0.389 e. The lowest BCUT2D eigenvalue weighted by Crippen LogP contribution is -2.45. The van der Waals surface area contributed by atoms with Gasteiger partial charge in [0.15, 0.2) is 0 Å². The first-order valence-corrected chi connectivity index (χ1v) is 6.58. The summed E-state index contributed by atoms with van der Waals surface area (Å²) in [6, 6.07) is 6.94. The molecule has 4 nitrogen and oxygen atoms in total. The molecule has 0 saturated carbocycles. The lowest BCUT2D eigenvalue weighted by Gasteiger charge is -2.30. The molecule has 1 amide bonds. The molecule has 0 radical (unpaired) electrons. The van der Waals surface area contributed by atoms with E-state index in [1.807, 2.05) is 38.1 Å². The van der Waals surface area contributed by atoms with Crippen LogP contribution in [0.15, 0.2) is 24.3 Å². The highest BCUT2D eigenvalue weighted by atomic mass is 16.3. The van der Waals surface area contributed by atoms with Crippen molar-refractivity contribution in [2.24, 2.45) is 5.73 Å². The number of rotatable bonds is 5. The maximum atomic E-state index is 12.3. The molecular formula is C15H24N2O2. The maximum Gasteiger partial charge on any atom is 0.244 e. The standard InChI is InChI=1S/C15H24N2O2/c1-5-17(10-15(3,4)19)14(18)13(16)12-8-6-11(2)7-9-12/h6-9,13,19H,5,10,16H2,1-4H3. The average molecular weight is 264 g/mol. The predicted octanol–water partition coefficient (Wildman–Crippen LogP) is 1.61. The van der Waals surface area contributed by atoms with Crippen LogP contribution in [0.3, 0.4) is 0 Å². The van der Waals surface area contributed by atoms with Crippen LogP contribution in [0.4, 0.5) is 0 Å². The molecule has 1 atom stereocenters. The number of nitrogens with zero attached hydrogens (tertiary/aromatic N) is 1. The van der Waals surface area contributed by atoms with E-state index in [0.29, 0.717) is 6.54 Å². The summed E-state index contributed by atoms with van der Waals surface area (Å²) >= 11 is 0. The van der Waals surface area contributed by atoms with E-state index in [1.165, 1.54) is 0 Å². The largest absolute Gasteiger partial charge is 0.389 e. The van der Waals surface area contributed by atoms with E-state index in [0.717, 1.165) is 11.1 Å². The first-order chi connectivity index (χ1) is 8.74. The Labute approximate surface area is 115 Å². The Morgan fingerprint density at radius 1 is 1.37 bits per heavy atom. The highest BCUT2D eigenvalue weighted by molar-refractivity contribution is 5.83. The number of amides is 1. The van der Waals surface area contributed by atoms with Crippen molar-refractivity contribution in [2.75, 3.05) is 13.1 Å². The second-order valence-corrected chi connectivity index (χ2v) is 5.55. The van der Waals surface area contributed by atoms with Gasteiger partial charge in [0.25, 0.3) is 0 Å². The SMILES string of the molecule is CCN(CC(C)(C)O)C(=O)C(N)c1ccc(C)cc1. The number of likely N-dealkylation sites (N-methyl/N-ethyl adjacent to an activating group) is 1. The predicted molar refractivity (Wildman–Crippen MR) is 76.7 cm³/mol. The van der Waals surface area contributed by atoms with Crippen LogP contribution in [0, 0.1) is 6.92 Å². The highest BCUT2D eigenvalue weighted by Gasteiger charge is 2.26. The van der Waals surface area contributed by atoms with Crippen LogP contribution in [0.2, 0.25) is 0 Å². The van der Waals surface area contributed by atoms with E-state index in [4.69, 9.17) is 5.73 Å². The van der Waals surface area contributed by atoms with Gasteiger partial charge in [0.2, 0.25) is 5.91 Å². The minimum atomic E-state index is -0.918. The number of carbonyl (C=O) groups is 1. The Morgan fingerprint density at radius 2 is 1.89 bits per heavy atom. The molecule has 1 rings (SSSR count). The normalized spacial score (nSPS) is 13.2. The van der Waals surface area contributed by atoms with Gasteiger partial charge in [-0.25, -0.2) is 0 Å². The van der Waals surface area contributed by atoms with Gasteiger partial charge in [0.05, 0.1) is 5.60 Å². The van der Waals surface area contributed by atoms with Gasteiger partial charge in [-0.3, -0.25) is 4.79 Å². The van der Waals surface area contributed by atoms with Gasteiger partial charge in [0, 0.05) is 13.1 Å². The zero-order chi connectivity index (χ0) is 14.6. The van der Waals surface area contributed by atoms with Crippen LogP contribution in [0.1, 0.15) is 37.9 Å². The number of hydrogen-bond acceptors (Lipinski definition) is 3. The van der Waals surface area contributed by atoms with Gasteiger partial charge < -0.3 is 15.7 Å². The Morgan fingerprint density at radius 3 is 2.32 bits per heavy atom. The summed E-state index contributed by atoms with van der Waals surface area (Å²) in [5, 5.41) is 9.82. The van der Waals surface area contributed by atoms with Crippen molar-refractivity contribution >= 4 is 5.91 Å². The first kappa shape index (κ1) is 15.7. The van der Waals surface area contributed by atoms with E-state index in [1.54, 1.807) is 18.7 Å². The van der Waals surface area contributed by atoms with E-state index in [-0.39, 0.29) is 12.5 Å². The monoisotopic (exact) mass is 264 g/mol. The molecule has 4 heteroatoms. The average Bonchev–Trinajstić information content (AvgIpc) is 2.34. The molecule has 0 spiro atoms. The summed E-state index contributed by atoms with van der Waals surface area (Å²) < 4.78 is 0. The summed E-state index contributed by atoms with van der Waals surface area (Å²) in [7, 11) is 0. The lowest BCUT2D eigenvalue weighted by molar-refractivity contribution is -0.135. The fourth-order valence-corrected chi connectivity index (χ4v) is 1.93. The number of benzene rings is 1. The molecule has 0 saturated heterocycles. The number of aryl methyl sites for hydroxylation is 1. The van der Waals surface area contributed by atoms with Gasteiger partial charge in [-0.2, -0.15) is 0 Å².